The normalized spacial score (nSPS) is 10.8. The summed E-state index contributed by atoms with van der Waals surface area (Å²) < 4.78 is 1.66. The van der Waals surface area contributed by atoms with Crippen LogP contribution in [0.25, 0.3) is 5.78 Å². The largest absolute Gasteiger partial charge is 0.508 e. The Morgan fingerprint density at radius 3 is 2.84 bits per heavy atom. The molecule has 0 spiro atoms. The highest BCUT2D eigenvalue weighted by Crippen LogP contribution is 2.13. The number of aromatic nitrogens is 4. The van der Waals surface area contributed by atoms with Gasteiger partial charge in [-0.1, -0.05) is 12.1 Å². The number of hydrogen-bond acceptors (Lipinski definition) is 5. The zero-order valence-electron chi connectivity index (χ0n) is 10.4. The van der Waals surface area contributed by atoms with Gasteiger partial charge in [0.05, 0.1) is 0 Å². The van der Waals surface area contributed by atoms with Gasteiger partial charge in [0, 0.05) is 18.3 Å². The van der Waals surface area contributed by atoms with Crippen molar-refractivity contribution >= 4 is 11.6 Å². The van der Waals surface area contributed by atoms with E-state index < -0.39 is 0 Å². The maximum absolute atomic E-state index is 9.24. The molecule has 0 saturated heterocycles. The van der Waals surface area contributed by atoms with E-state index in [9.17, 15) is 5.11 Å². The van der Waals surface area contributed by atoms with Crippen LogP contribution in [-0.2, 0) is 6.54 Å². The fourth-order valence-electron chi connectivity index (χ4n) is 1.86. The summed E-state index contributed by atoms with van der Waals surface area (Å²) >= 11 is 0. The van der Waals surface area contributed by atoms with Gasteiger partial charge >= 0.3 is 0 Å². The lowest BCUT2D eigenvalue weighted by molar-refractivity contribution is 0.475. The van der Waals surface area contributed by atoms with Gasteiger partial charge in [-0.25, -0.2) is 4.98 Å². The predicted molar refractivity (Wildman–Crippen MR) is 71.0 cm³/mol. The molecule has 0 radical (unpaired) electrons. The highest BCUT2D eigenvalue weighted by atomic mass is 16.3. The van der Waals surface area contributed by atoms with E-state index in [0.29, 0.717) is 12.3 Å². The third-order valence-electron chi connectivity index (χ3n) is 2.79. The van der Waals surface area contributed by atoms with Crippen molar-refractivity contribution in [2.45, 2.75) is 13.5 Å². The van der Waals surface area contributed by atoms with E-state index in [1.807, 2.05) is 25.1 Å². The Labute approximate surface area is 109 Å². The minimum Gasteiger partial charge on any atom is -0.508 e. The van der Waals surface area contributed by atoms with Crippen molar-refractivity contribution in [3.05, 3.63) is 47.9 Å². The summed E-state index contributed by atoms with van der Waals surface area (Å²) in [4.78, 5) is 8.35. The Morgan fingerprint density at radius 1 is 1.26 bits per heavy atom. The summed E-state index contributed by atoms with van der Waals surface area (Å²) in [5, 5.41) is 16.7. The zero-order chi connectivity index (χ0) is 13.2. The van der Waals surface area contributed by atoms with Gasteiger partial charge in [-0.05, 0) is 24.6 Å². The van der Waals surface area contributed by atoms with Gasteiger partial charge in [0.25, 0.3) is 5.78 Å². The molecule has 0 bridgehead atoms. The molecule has 0 aliphatic carbocycles. The van der Waals surface area contributed by atoms with Crippen LogP contribution >= 0.6 is 0 Å². The third kappa shape index (κ3) is 2.33. The number of aromatic hydroxyl groups is 1. The molecule has 0 aliphatic heterocycles. The van der Waals surface area contributed by atoms with E-state index in [1.165, 1.54) is 6.33 Å². The molecule has 6 heteroatoms. The van der Waals surface area contributed by atoms with Crippen molar-refractivity contribution in [2.75, 3.05) is 5.32 Å². The molecule has 2 N–H and O–H groups in total. The topological polar surface area (TPSA) is 75.3 Å². The fourth-order valence-corrected chi connectivity index (χ4v) is 1.86. The number of rotatable bonds is 3. The SMILES string of the molecule is Cc1cc(NCc2ccc(O)cc2)n2ncnc2n1. The van der Waals surface area contributed by atoms with E-state index in [4.69, 9.17) is 0 Å². The molecule has 2 heterocycles. The average Bonchev–Trinajstić information content (AvgIpc) is 2.85. The first kappa shape index (κ1) is 11.5. The Balaban J connectivity index is 1.85. The molecule has 0 aliphatic rings. The van der Waals surface area contributed by atoms with Crippen LogP contribution in [0.3, 0.4) is 0 Å². The van der Waals surface area contributed by atoms with Crippen molar-refractivity contribution in [1.29, 1.82) is 0 Å². The van der Waals surface area contributed by atoms with Crippen molar-refractivity contribution in [3.63, 3.8) is 0 Å². The van der Waals surface area contributed by atoms with Crippen LogP contribution in [0.5, 0.6) is 5.75 Å². The minimum absolute atomic E-state index is 0.266. The quantitative estimate of drug-likeness (QED) is 0.745. The smallest absolute Gasteiger partial charge is 0.254 e. The van der Waals surface area contributed by atoms with Crippen molar-refractivity contribution in [1.82, 2.24) is 19.6 Å². The van der Waals surface area contributed by atoms with Gasteiger partial charge in [-0.2, -0.15) is 14.6 Å². The van der Waals surface area contributed by atoms with Crippen LogP contribution in [0.15, 0.2) is 36.7 Å². The Morgan fingerprint density at radius 2 is 2.05 bits per heavy atom. The number of benzene rings is 1. The molecule has 3 rings (SSSR count). The molecule has 3 aromatic rings. The lowest BCUT2D eigenvalue weighted by Gasteiger charge is -2.08. The maximum Gasteiger partial charge on any atom is 0.254 e. The maximum atomic E-state index is 9.24. The van der Waals surface area contributed by atoms with E-state index in [0.717, 1.165) is 17.1 Å². The lowest BCUT2D eigenvalue weighted by Crippen LogP contribution is -2.06. The molecule has 0 fully saturated rings. The van der Waals surface area contributed by atoms with Crippen LogP contribution in [-0.4, -0.2) is 24.7 Å². The van der Waals surface area contributed by atoms with Gasteiger partial charge in [0.2, 0.25) is 0 Å². The van der Waals surface area contributed by atoms with Gasteiger partial charge in [-0.3, -0.25) is 0 Å². The van der Waals surface area contributed by atoms with Gasteiger partial charge in [0.1, 0.15) is 17.9 Å². The first-order valence-electron chi connectivity index (χ1n) is 5.91. The number of phenols is 1. The summed E-state index contributed by atoms with van der Waals surface area (Å²) in [6, 6.07) is 8.99. The standard InChI is InChI=1S/C13H13N5O/c1-9-6-12(18-13(17-9)15-8-16-18)14-7-10-2-4-11(19)5-3-10/h2-6,8,14,19H,7H2,1H3. The molecule has 19 heavy (non-hydrogen) atoms. The summed E-state index contributed by atoms with van der Waals surface area (Å²) in [7, 11) is 0. The molecule has 0 atom stereocenters. The molecule has 1 aromatic carbocycles. The number of phenolic OH excluding ortho intramolecular Hbond substituents is 1. The van der Waals surface area contributed by atoms with Crippen LogP contribution in [0, 0.1) is 6.92 Å². The fraction of sp³-hybridized carbons (Fsp3) is 0.154. The molecule has 0 saturated carbocycles. The molecule has 2 aromatic heterocycles. The highest BCUT2D eigenvalue weighted by Gasteiger charge is 2.05. The summed E-state index contributed by atoms with van der Waals surface area (Å²) in [6.45, 7) is 2.55. The number of nitrogens with one attached hydrogen (secondary N) is 1. The second-order valence-corrected chi connectivity index (χ2v) is 4.27. The van der Waals surface area contributed by atoms with Crippen molar-refractivity contribution in [3.8, 4) is 5.75 Å². The molecule has 96 valence electrons. The minimum atomic E-state index is 0.266. The molecular weight excluding hydrogens is 242 g/mol. The first-order valence-corrected chi connectivity index (χ1v) is 5.91. The second kappa shape index (κ2) is 4.56. The summed E-state index contributed by atoms with van der Waals surface area (Å²) in [5.74, 6) is 1.68. The Kier molecular flexibility index (Phi) is 2.75. The number of fused-ring (bicyclic) bond motifs is 1. The third-order valence-corrected chi connectivity index (χ3v) is 2.79. The van der Waals surface area contributed by atoms with E-state index in [2.05, 4.69) is 20.4 Å². The predicted octanol–water partition coefficient (Wildman–Crippen LogP) is 1.75. The highest BCUT2D eigenvalue weighted by molar-refractivity contribution is 5.45. The summed E-state index contributed by atoms with van der Waals surface area (Å²) in [5.41, 5.74) is 1.95. The molecule has 6 nitrogen and oxygen atoms in total. The lowest BCUT2D eigenvalue weighted by atomic mass is 10.2. The molecule has 0 amide bonds. The Bertz CT molecular complexity index is 705. The van der Waals surface area contributed by atoms with Crippen LogP contribution in [0.1, 0.15) is 11.3 Å². The van der Waals surface area contributed by atoms with Crippen molar-refractivity contribution < 1.29 is 5.11 Å². The number of aryl methyl sites for hydroxylation is 1. The average molecular weight is 255 g/mol. The van der Waals surface area contributed by atoms with Gasteiger partial charge in [0.15, 0.2) is 0 Å². The van der Waals surface area contributed by atoms with Crippen LogP contribution < -0.4 is 5.32 Å². The number of anilines is 1. The van der Waals surface area contributed by atoms with E-state index in [1.54, 1.807) is 16.6 Å². The Hall–Kier alpha value is -2.63. The second-order valence-electron chi connectivity index (χ2n) is 4.27. The van der Waals surface area contributed by atoms with Gasteiger partial charge in [-0.15, -0.1) is 0 Å². The van der Waals surface area contributed by atoms with Gasteiger partial charge < -0.3 is 10.4 Å². The number of nitrogens with zero attached hydrogens (tertiary/aromatic N) is 4. The first-order chi connectivity index (χ1) is 9.22. The van der Waals surface area contributed by atoms with Crippen LogP contribution in [0.4, 0.5) is 5.82 Å². The van der Waals surface area contributed by atoms with Crippen molar-refractivity contribution in [2.24, 2.45) is 0 Å². The van der Waals surface area contributed by atoms with Crippen LogP contribution in [0.2, 0.25) is 0 Å². The van der Waals surface area contributed by atoms with E-state index >= 15 is 0 Å². The zero-order valence-corrected chi connectivity index (χ0v) is 10.4. The molecular formula is C13H13N5O. The summed E-state index contributed by atoms with van der Waals surface area (Å²) in [6.07, 6.45) is 1.48. The monoisotopic (exact) mass is 255 g/mol. The molecule has 0 unspecified atom stereocenters. The number of hydrogen-bond donors (Lipinski definition) is 2. The van der Waals surface area contributed by atoms with E-state index in [-0.39, 0.29) is 5.75 Å².